The molecule has 1 saturated carbocycles. The van der Waals surface area contributed by atoms with Gasteiger partial charge in [0.2, 0.25) is 0 Å². The van der Waals surface area contributed by atoms with Crippen molar-refractivity contribution in [2.24, 2.45) is 35.5 Å². The predicted molar refractivity (Wildman–Crippen MR) is 221 cm³/mol. The van der Waals surface area contributed by atoms with Gasteiger partial charge in [-0.25, -0.2) is 0 Å². The SMILES string of the molecule is CC[C@H]1CCC[C@H](OCc2ccc(OC)cc2)[C@@H](C)C(=O)C2=C[C@@H]3[C@@H](C=C[C@@H]4C[C@@H](O[Si](c5ccccc5)(c5ccccc5)C(C)(C)C)C[C@@H]34)[C@@H]2CC(=O)O1. The van der Waals surface area contributed by atoms with E-state index in [2.05, 4.69) is 107 Å². The first-order valence-corrected chi connectivity index (χ1v) is 22.6. The number of hydrogen-bond donors (Lipinski definition) is 0. The van der Waals surface area contributed by atoms with Crippen LogP contribution in [-0.4, -0.2) is 45.5 Å². The molecule has 0 amide bonds. The third-order valence-corrected chi connectivity index (χ3v) is 18.3. The minimum absolute atomic E-state index is 0.0771. The summed E-state index contributed by atoms with van der Waals surface area (Å²) in [6.45, 7) is 11.6. The molecule has 0 radical (unpaired) electrons. The molecule has 4 aliphatic rings. The molecule has 7 heteroatoms. The Bertz CT molecular complexity index is 1790. The average Bonchev–Trinajstić information content (AvgIpc) is 3.78. The normalized spacial score (nSPS) is 29.9. The topological polar surface area (TPSA) is 71.1 Å². The average molecular weight is 761 g/mol. The summed E-state index contributed by atoms with van der Waals surface area (Å²) < 4.78 is 25.7. The lowest BCUT2D eigenvalue weighted by Gasteiger charge is -2.44. The van der Waals surface area contributed by atoms with Crippen LogP contribution in [-0.2, 0) is 30.1 Å². The molecule has 3 aliphatic carbocycles. The smallest absolute Gasteiger partial charge is 0.306 e. The molecule has 1 heterocycles. The molecule has 0 bridgehead atoms. The maximum absolute atomic E-state index is 14.7. The Labute approximate surface area is 329 Å². The van der Waals surface area contributed by atoms with Crippen molar-refractivity contribution in [1.29, 1.82) is 0 Å². The maximum atomic E-state index is 14.7. The van der Waals surface area contributed by atoms with E-state index in [1.807, 2.05) is 31.2 Å². The van der Waals surface area contributed by atoms with E-state index in [0.29, 0.717) is 18.4 Å². The number of allylic oxidation sites excluding steroid dienone is 4. The summed E-state index contributed by atoms with van der Waals surface area (Å²) >= 11 is 0. The molecular weight excluding hydrogens is 701 g/mol. The number of ether oxygens (including phenoxy) is 3. The van der Waals surface area contributed by atoms with E-state index < -0.39 is 8.32 Å². The van der Waals surface area contributed by atoms with E-state index in [1.54, 1.807) is 7.11 Å². The van der Waals surface area contributed by atoms with Crippen LogP contribution in [0.5, 0.6) is 5.75 Å². The molecule has 0 unspecified atom stereocenters. The second-order valence-corrected chi connectivity index (χ2v) is 21.7. The number of ketones is 1. The van der Waals surface area contributed by atoms with Gasteiger partial charge in [0.05, 0.1) is 26.2 Å². The van der Waals surface area contributed by atoms with Crippen molar-refractivity contribution >= 4 is 30.4 Å². The number of fused-ring (bicyclic) bond motifs is 5. The van der Waals surface area contributed by atoms with Gasteiger partial charge in [0.1, 0.15) is 11.9 Å². The molecule has 55 heavy (non-hydrogen) atoms. The van der Waals surface area contributed by atoms with Gasteiger partial charge in [-0.2, -0.15) is 0 Å². The van der Waals surface area contributed by atoms with E-state index in [0.717, 1.165) is 55.4 Å². The quantitative estimate of drug-likeness (QED) is 0.123. The minimum atomic E-state index is -2.74. The van der Waals surface area contributed by atoms with Crippen LogP contribution in [0, 0.1) is 35.5 Å². The fraction of sp³-hybridized carbons (Fsp3) is 0.500. The Morgan fingerprint density at radius 2 is 1.51 bits per heavy atom. The van der Waals surface area contributed by atoms with Crippen molar-refractivity contribution in [3.05, 3.63) is 114 Å². The molecule has 1 aliphatic heterocycles. The van der Waals surface area contributed by atoms with E-state index in [4.69, 9.17) is 18.6 Å². The second-order valence-electron chi connectivity index (χ2n) is 17.5. The van der Waals surface area contributed by atoms with Gasteiger partial charge in [-0.3, -0.25) is 9.59 Å². The first-order valence-electron chi connectivity index (χ1n) is 20.7. The summed E-state index contributed by atoms with van der Waals surface area (Å²) in [6, 6.07) is 29.7. The highest BCUT2D eigenvalue weighted by Crippen LogP contribution is 2.55. The molecule has 292 valence electrons. The number of benzene rings is 3. The molecule has 0 aromatic heterocycles. The van der Waals surface area contributed by atoms with Gasteiger partial charge in [-0.1, -0.05) is 126 Å². The number of cyclic esters (lactones) is 1. The molecule has 7 rings (SSSR count). The van der Waals surface area contributed by atoms with Crippen molar-refractivity contribution in [3.63, 3.8) is 0 Å². The molecular formula is C48H60O6Si. The zero-order valence-electron chi connectivity index (χ0n) is 33.6. The van der Waals surface area contributed by atoms with Gasteiger partial charge in [0.25, 0.3) is 8.32 Å². The Morgan fingerprint density at radius 3 is 2.13 bits per heavy atom. The zero-order chi connectivity index (χ0) is 38.7. The van der Waals surface area contributed by atoms with Crippen LogP contribution in [0.2, 0.25) is 5.04 Å². The fourth-order valence-electron chi connectivity index (χ4n) is 10.3. The van der Waals surface area contributed by atoms with Crippen LogP contribution >= 0.6 is 0 Å². The first-order chi connectivity index (χ1) is 26.5. The maximum Gasteiger partial charge on any atom is 0.306 e. The number of carbonyl (C=O) groups is 2. The van der Waals surface area contributed by atoms with Crippen molar-refractivity contribution < 1.29 is 28.2 Å². The fourth-order valence-corrected chi connectivity index (χ4v) is 15.0. The van der Waals surface area contributed by atoms with E-state index in [-0.39, 0.29) is 65.2 Å². The first kappa shape index (κ1) is 39.5. The third kappa shape index (κ3) is 8.08. The van der Waals surface area contributed by atoms with Crippen LogP contribution in [0.4, 0.5) is 0 Å². The summed E-state index contributed by atoms with van der Waals surface area (Å²) in [5.74, 6) is 1.11. The highest BCUT2D eigenvalue weighted by Gasteiger charge is 2.55. The molecule has 2 fully saturated rings. The molecule has 3 aromatic rings. The highest BCUT2D eigenvalue weighted by molar-refractivity contribution is 6.99. The lowest BCUT2D eigenvalue weighted by molar-refractivity contribution is -0.151. The van der Waals surface area contributed by atoms with Crippen molar-refractivity contribution in [2.45, 2.75) is 110 Å². The lowest BCUT2D eigenvalue weighted by atomic mass is 9.70. The Morgan fingerprint density at radius 1 is 0.836 bits per heavy atom. The van der Waals surface area contributed by atoms with E-state index >= 15 is 0 Å². The van der Waals surface area contributed by atoms with Crippen molar-refractivity contribution in [3.8, 4) is 5.75 Å². The van der Waals surface area contributed by atoms with Crippen LogP contribution in [0.3, 0.4) is 0 Å². The van der Waals surface area contributed by atoms with Gasteiger partial charge in [0.15, 0.2) is 5.78 Å². The molecule has 0 spiro atoms. The Hall–Kier alpha value is -3.78. The molecule has 1 saturated heterocycles. The second kappa shape index (κ2) is 16.8. The molecule has 3 aromatic carbocycles. The zero-order valence-corrected chi connectivity index (χ0v) is 34.6. The minimum Gasteiger partial charge on any atom is -0.497 e. The number of hydrogen-bond acceptors (Lipinski definition) is 6. The number of carbonyl (C=O) groups excluding carboxylic acids is 2. The Kier molecular flexibility index (Phi) is 12.0. The summed E-state index contributed by atoms with van der Waals surface area (Å²) in [5, 5.41) is 2.48. The largest absolute Gasteiger partial charge is 0.497 e. The summed E-state index contributed by atoms with van der Waals surface area (Å²) in [5.41, 5.74) is 1.84. The van der Waals surface area contributed by atoms with Gasteiger partial charge >= 0.3 is 5.97 Å². The standard InChI is InChI=1S/C48H60O6Si/c1-7-35-15-14-20-45(52-31-33-21-24-36(51-6)25-22-33)32(2)47(50)44-29-42-40(43(44)30-46(49)53-35)26-23-34-27-37(28-41(34)42)54-55(48(3,4)5,38-16-10-8-11-17-38)39-18-12-9-13-19-39/h8-13,16-19,21-26,29,32,34-35,37,40-43,45H,7,14-15,20,27-28,30-31H2,1-6H3/t32-,34-,35+,37-,40-,41-,42-,43+,45+/m1/s1. The van der Waals surface area contributed by atoms with Gasteiger partial charge in [-0.05, 0) is 101 Å². The van der Waals surface area contributed by atoms with Gasteiger partial charge < -0.3 is 18.6 Å². The van der Waals surface area contributed by atoms with Crippen molar-refractivity contribution in [1.82, 2.24) is 0 Å². The van der Waals surface area contributed by atoms with Crippen LogP contribution in [0.25, 0.3) is 0 Å². The van der Waals surface area contributed by atoms with E-state index in [1.165, 1.54) is 10.4 Å². The lowest BCUT2D eigenvalue weighted by Crippen LogP contribution is -2.67. The van der Waals surface area contributed by atoms with Crippen LogP contribution < -0.4 is 15.1 Å². The molecule has 6 nitrogen and oxygen atoms in total. The number of esters is 1. The van der Waals surface area contributed by atoms with Crippen molar-refractivity contribution in [2.75, 3.05) is 7.11 Å². The van der Waals surface area contributed by atoms with Crippen LogP contribution in [0.15, 0.2) is 109 Å². The summed E-state index contributed by atoms with van der Waals surface area (Å²) in [6.07, 6.45) is 11.9. The third-order valence-electron chi connectivity index (χ3n) is 13.2. The van der Waals surface area contributed by atoms with Crippen LogP contribution in [0.1, 0.15) is 85.1 Å². The summed E-state index contributed by atoms with van der Waals surface area (Å²) in [7, 11) is -1.07. The molecule has 9 atom stereocenters. The number of methoxy groups -OCH3 is 1. The highest BCUT2D eigenvalue weighted by atomic mass is 28.4. The monoisotopic (exact) mass is 760 g/mol. The van der Waals surface area contributed by atoms with Gasteiger partial charge in [-0.15, -0.1) is 0 Å². The molecule has 0 N–H and O–H groups in total. The van der Waals surface area contributed by atoms with Gasteiger partial charge in [0, 0.05) is 17.9 Å². The number of rotatable bonds is 9. The number of Topliss-reactive ketones (excluding diaryl/α,β-unsaturated/α-hetero) is 1. The predicted octanol–water partition coefficient (Wildman–Crippen LogP) is 9.01. The Balaban J connectivity index is 1.17. The summed E-state index contributed by atoms with van der Waals surface area (Å²) in [4.78, 5) is 28.3. The van der Waals surface area contributed by atoms with E-state index in [9.17, 15) is 9.59 Å².